The van der Waals surface area contributed by atoms with Crippen molar-refractivity contribution in [2.24, 2.45) is 0 Å². The lowest BCUT2D eigenvalue weighted by Crippen LogP contribution is -2.59. The fraction of sp³-hybridized carbons (Fsp3) is 0.643. The number of anilines is 2. The zero-order valence-corrected chi connectivity index (χ0v) is 12.1. The summed E-state index contributed by atoms with van der Waals surface area (Å²) in [6.07, 6.45) is -3.42. The van der Waals surface area contributed by atoms with Gasteiger partial charge in [0.1, 0.15) is 0 Å². The largest absolute Gasteiger partial charge is 0.417 e. The zero-order chi connectivity index (χ0) is 15.2. The number of rotatable bonds is 1. The summed E-state index contributed by atoms with van der Waals surface area (Å²) in [6, 6.07) is 1.90. The molecule has 116 valence electrons. The van der Waals surface area contributed by atoms with E-state index in [0.717, 1.165) is 31.9 Å². The highest BCUT2D eigenvalue weighted by atomic mass is 19.4. The molecule has 2 aliphatic rings. The zero-order valence-electron chi connectivity index (χ0n) is 12.1. The Morgan fingerprint density at radius 3 is 2.76 bits per heavy atom. The molecule has 0 radical (unpaired) electrons. The molecule has 0 amide bonds. The Labute approximate surface area is 121 Å². The van der Waals surface area contributed by atoms with Crippen molar-refractivity contribution in [3.8, 4) is 0 Å². The third kappa shape index (κ3) is 2.66. The summed E-state index contributed by atoms with van der Waals surface area (Å²) in [5.41, 5.74) is -0.216. The Kier molecular flexibility index (Phi) is 3.47. The minimum absolute atomic E-state index is 0.262. The van der Waals surface area contributed by atoms with Crippen LogP contribution in [0.3, 0.4) is 0 Å². The number of hydrogen-bond acceptors (Lipinski definition) is 4. The van der Waals surface area contributed by atoms with Crippen molar-refractivity contribution in [2.75, 3.05) is 36.4 Å². The first-order valence-corrected chi connectivity index (χ1v) is 7.18. The maximum absolute atomic E-state index is 12.7. The van der Waals surface area contributed by atoms with E-state index < -0.39 is 11.7 Å². The molecule has 0 saturated carbocycles. The summed E-state index contributed by atoms with van der Waals surface area (Å²) < 4.78 is 38.2. The van der Waals surface area contributed by atoms with Crippen LogP contribution in [0.4, 0.5) is 24.7 Å². The number of pyridine rings is 1. The summed E-state index contributed by atoms with van der Waals surface area (Å²) >= 11 is 0. The van der Waals surface area contributed by atoms with Crippen molar-refractivity contribution < 1.29 is 13.2 Å². The van der Waals surface area contributed by atoms with Crippen LogP contribution in [0.15, 0.2) is 12.3 Å². The number of hydrogen-bond donors (Lipinski definition) is 1. The molecule has 1 atom stereocenters. The molecule has 1 fully saturated rings. The van der Waals surface area contributed by atoms with Crippen LogP contribution in [-0.2, 0) is 6.18 Å². The number of piperazine rings is 1. The molecule has 4 nitrogen and oxygen atoms in total. The van der Waals surface area contributed by atoms with E-state index in [4.69, 9.17) is 0 Å². The number of halogens is 3. The monoisotopic (exact) mass is 300 g/mol. The summed E-state index contributed by atoms with van der Waals surface area (Å²) in [5.74, 6) is 0.641. The smallest absolute Gasteiger partial charge is 0.380 e. The summed E-state index contributed by atoms with van der Waals surface area (Å²) in [5, 5.41) is 3.10. The number of alkyl halides is 3. The predicted molar refractivity (Wildman–Crippen MR) is 75.6 cm³/mol. The molecular formula is C14H19F3N4. The van der Waals surface area contributed by atoms with Crippen LogP contribution in [0.25, 0.3) is 0 Å². The number of aromatic nitrogens is 1. The van der Waals surface area contributed by atoms with Gasteiger partial charge in [0.25, 0.3) is 0 Å². The van der Waals surface area contributed by atoms with Gasteiger partial charge in [-0.3, -0.25) is 4.90 Å². The van der Waals surface area contributed by atoms with E-state index in [9.17, 15) is 13.2 Å². The van der Waals surface area contributed by atoms with Crippen molar-refractivity contribution in [3.05, 3.63) is 17.8 Å². The highest BCUT2D eigenvalue weighted by Gasteiger charge is 2.36. The lowest BCUT2D eigenvalue weighted by Gasteiger charge is -2.46. The van der Waals surface area contributed by atoms with Gasteiger partial charge in [0, 0.05) is 38.4 Å². The average molecular weight is 300 g/mol. The fourth-order valence-electron chi connectivity index (χ4n) is 3.00. The van der Waals surface area contributed by atoms with Gasteiger partial charge in [0.05, 0.1) is 17.3 Å². The third-order valence-electron chi connectivity index (χ3n) is 4.24. The molecule has 21 heavy (non-hydrogen) atoms. The minimum atomic E-state index is -4.35. The van der Waals surface area contributed by atoms with Crippen molar-refractivity contribution in [2.45, 2.75) is 32.1 Å². The van der Waals surface area contributed by atoms with Crippen molar-refractivity contribution in [1.29, 1.82) is 0 Å². The first kappa shape index (κ1) is 14.4. The highest BCUT2D eigenvalue weighted by molar-refractivity contribution is 5.69. The Hall–Kier alpha value is -1.50. The Bertz CT molecular complexity index is 529. The molecule has 1 aromatic rings. The topological polar surface area (TPSA) is 31.4 Å². The second-order valence-corrected chi connectivity index (χ2v) is 5.91. The van der Waals surface area contributed by atoms with Gasteiger partial charge in [0.2, 0.25) is 0 Å². The quantitative estimate of drug-likeness (QED) is 0.863. The standard InChI is InChI=1S/C14H19F3N4/c1-9(2)20-3-4-21-11(8-20)7-18-12-5-10(14(15,16)17)6-19-13(12)21/h5-6,9,11,18H,3-4,7-8H2,1-2H3/t11-/m0/s1. The van der Waals surface area contributed by atoms with Crippen LogP contribution in [-0.4, -0.2) is 48.1 Å². The lowest BCUT2D eigenvalue weighted by atomic mass is 10.1. The summed E-state index contributed by atoms with van der Waals surface area (Å²) in [4.78, 5) is 8.58. The summed E-state index contributed by atoms with van der Waals surface area (Å²) in [7, 11) is 0. The Balaban J connectivity index is 1.85. The molecule has 1 saturated heterocycles. The molecule has 7 heteroatoms. The van der Waals surface area contributed by atoms with Crippen LogP contribution >= 0.6 is 0 Å². The molecule has 3 rings (SSSR count). The van der Waals surface area contributed by atoms with E-state index in [0.29, 0.717) is 24.1 Å². The van der Waals surface area contributed by atoms with Crippen LogP contribution in [0, 0.1) is 0 Å². The average Bonchev–Trinajstić information content (AvgIpc) is 2.44. The summed E-state index contributed by atoms with van der Waals surface area (Å²) in [6.45, 7) is 7.60. The van der Waals surface area contributed by atoms with E-state index >= 15 is 0 Å². The van der Waals surface area contributed by atoms with Gasteiger partial charge >= 0.3 is 6.18 Å². The predicted octanol–water partition coefficient (Wildman–Crippen LogP) is 2.42. The second-order valence-electron chi connectivity index (χ2n) is 5.91. The molecule has 1 N–H and O–H groups in total. The van der Waals surface area contributed by atoms with Gasteiger partial charge in [-0.25, -0.2) is 4.98 Å². The number of fused-ring (bicyclic) bond motifs is 3. The van der Waals surface area contributed by atoms with E-state index in [-0.39, 0.29) is 6.04 Å². The molecule has 0 spiro atoms. The van der Waals surface area contributed by atoms with E-state index in [1.54, 1.807) is 0 Å². The van der Waals surface area contributed by atoms with Crippen LogP contribution < -0.4 is 10.2 Å². The normalized spacial score (nSPS) is 22.8. The van der Waals surface area contributed by atoms with Crippen LogP contribution in [0.2, 0.25) is 0 Å². The maximum Gasteiger partial charge on any atom is 0.417 e. The second kappa shape index (κ2) is 5.05. The Morgan fingerprint density at radius 1 is 1.33 bits per heavy atom. The SMILES string of the molecule is CC(C)N1CCN2c3ncc(C(F)(F)F)cc3NC[C@H]2C1. The van der Waals surface area contributed by atoms with Crippen LogP contribution in [0.5, 0.6) is 0 Å². The van der Waals surface area contributed by atoms with Gasteiger partial charge < -0.3 is 10.2 Å². The van der Waals surface area contributed by atoms with Gasteiger partial charge in [-0.05, 0) is 19.9 Å². The molecule has 0 aromatic carbocycles. The molecule has 0 aliphatic carbocycles. The first-order chi connectivity index (χ1) is 9.86. The number of nitrogens with one attached hydrogen (secondary N) is 1. The molecule has 0 unspecified atom stereocenters. The van der Waals surface area contributed by atoms with E-state index in [1.165, 1.54) is 0 Å². The van der Waals surface area contributed by atoms with Crippen molar-refractivity contribution in [1.82, 2.24) is 9.88 Å². The van der Waals surface area contributed by atoms with Crippen molar-refractivity contribution in [3.63, 3.8) is 0 Å². The first-order valence-electron chi connectivity index (χ1n) is 7.18. The van der Waals surface area contributed by atoms with Gasteiger partial charge in [-0.15, -0.1) is 0 Å². The van der Waals surface area contributed by atoms with Gasteiger partial charge in [-0.1, -0.05) is 0 Å². The molecular weight excluding hydrogens is 281 g/mol. The molecule has 3 heterocycles. The highest BCUT2D eigenvalue weighted by Crippen LogP contribution is 2.36. The minimum Gasteiger partial charge on any atom is -0.380 e. The van der Waals surface area contributed by atoms with Gasteiger partial charge in [-0.2, -0.15) is 13.2 Å². The fourth-order valence-corrected chi connectivity index (χ4v) is 3.00. The van der Waals surface area contributed by atoms with E-state index in [1.807, 2.05) is 0 Å². The van der Waals surface area contributed by atoms with Gasteiger partial charge in [0.15, 0.2) is 5.82 Å². The molecule has 0 bridgehead atoms. The van der Waals surface area contributed by atoms with Crippen molar-refractivity contribution >= 4 is 11.5 Å². The van der Waals surface area contributed by atoms with E-state index in [2.05, 4.69) is 33.9 Å². The number of nitrogens with zero attached hydrogens (tertiary/aromatic N) is 3. The molecule has 1 aromatic heterocycles. The lowest BCUT2D eigenvalue weighted by molar-refractivity contribution is -0.137. The maximum atomic E-state index is 12.7. The molecule has 2 aliphatic heterocycles. The Morgan fingerprint density at radius 2 is 2.10 bits per heavy atom. The third-order valence-corrected chi connectivity index (χ3v) is 4.24. The van der Waals surface area contributed by atoms with Crippen LogP contribution in [0.1, 0.15) is 19.4 Å².